The molecule has 2 aliphatic rings. The molecule has 6 nitrogen and oxygen atoms in total. The Balaban J connectivity index is 0.000000303. The third-order valence-electron chi connectivity index (χ3n) is 2.64. The molecule has 0 N–H and O–H groups in total. The zero-order valence-electron chi connectivity index (χ0n) is 12.0. The Kier molecular flexibility index (Phi) is 6.68. The third-order valence-corrected chi connectivity index (χ3v) is 2.64. The topological polar surface area (TPSA) is 74.8 Å². The van der Waals surface area contributed by atoms with Gasteiger partial charge in [-0.15, -0.1) is 0 Å². The summed E-state index contributed by atoms with van der Waals surface area (Å²) in [6.45, 7) is 5.77. The van der Waals surface area contributed by atoms with E-state index in [-0.39, 0.29) is 29.5 Å². The van der Waals surface area contributed by atoms with Gasteiger partial charge in [0.15, 0.2) is 0 Å². The molecule has 4 amide bonds. The molecular formula is C13H20N2O4. The molecule has 1 fully saturated rings. The number of likely N-dealkylation sites (N-methyl/N-ethyl adjacent to an activating group) is 1. The van der Waals surface area contributed by atoms with E-state index < -0.39 is 0 Å². The van der Waals surface area contributed by atoms with E-state index in [9.17, 15) is 19.2 Å². The van der Waals surface area contributed by atoms with E-state index in [1.165, 1.54) is 31.1 Å². The molecule has 2 aliphatic heterocycles. The lowest BCUT2D eigenvalue weighted by Crippen LogP contribution is -2.24. The Morgan fingerprint density at radius 3 is 1.47 bits per heavy atom. The van der Waals surface area contributed by atoms with E-state index in [1.807, 2.05) is 13.8 Å². The van der Waals surface area contributed by atoms with E-state index in [4.69, 9.17) is 0 Å². The van der Waals surface area contributed by atoms with Crippen molar-refractivity contribution in [3.8, 4) is 0 Å². The van der Waals surface area contributed by atoms with Gasteiger partial charge in [-0.3, -0.25) is 29.0 Å². The summed E-state index contributed by atoms with van der Waals surface area (Å²) < 4.78 is 0. The van der Waals surface area contributed by atoms with Crippen LogP contribution in [0, 0.1) is 5.92 Å². The van der Waals surface area contributed by atoms with Crippen LogP contribution in [0.3, 0.4) is 0 Å². The second kappa shape index (κ2) is 7.45. The van der Waals surface area contributed by atoms with Crippen molar-refractivity contribution in [1.82, 2.24) is 9.80 Å². The van der Waals surface area contributed by atoms with Crippen LogP contribution in [0.4, 0.5) is 0 Å². The van der Waals surface area contributed by atoms with Gasteiger partial charge in [0.05, 0.1) is 0 Å². The molecule has 1 atom stereocenters. The summed E-state index contributed by atoms with van der Waals surface area (Å²) in [7, 11) is 2.97. The maximum atomic E-state index is 10.8. The number of hydrogen-bond acceptors (Lipinski definition) is 4. The molecule has 0 aromatic heterocycles. The van der Waals surface area contributed by atoms with Gasteiger partial charge in [0.2, 0.25) is 11.8 Å². The fourth-order valence-electron chi connectivity index (χ4n) is 1.41. The number of nitrogens with zero attached hydrogens (tertiary/aromatic N) is 2. The first-order chi connectivity index (χ1) is 8.84. The van der Waals surface area contributed by atoms with Crippen molar-refractivity contribution in [1.29, 1.82) is 0 Å². The minimum absolute atomic E-state index is 0.0556. The lowest BCUT2D eigenvalue weighted by atomic mass is 10.1. The molecule has 0 bridgehead atoms. The standard InChI is InChI=1S/C6H9NO2.C5H5NO2.C2H6/c1-4-3-5(8)7(2)6(4)9;1-6-4(7)2-3-5(6)8;1-2/h4H,3H2,1-2H3;2-3H,1H3;1-2H3. The molecule has 19 heavy (non-hydrogen) atoms. The molecule has 0 radical (unpaired) electrons. The molecule has 1 saturated heterocycles. The molecule has 0 aromatic rings. The van der Waals surface area contributed by atoms with Crippen LogP contribution in [0.5, 0.6) is 0 Å². The number of amides is 4. The van der Waals surface area contributed by atoms with Gasteiger partial charge in [0, 0.05) is 38.6 Å². The SMILES string of the molecule is CC.CC1CC(=O)N(C)C1=O.CN1C(=O)C=CC1=O. The van der Waals surface area contributed by atoms with Crippen molar-refractivity contribution < 1.29 is 19.2 Å². The van der Waals surface area contributed by atoms with Gasteiger partial charge in [0.25, 0.3) is 11.8 Å². The molecule has 0 aromatic carbocycles. The largest absolute Gasteiger partial charge is 0.286 e. The van der Waals surface area contributed by atoms with Gasteiger partial charge in [-0.1, -0.05) is 20.8 Å². The minimum atomic E-state index is -0.241. The van der Waals surface area contributed by atoms with Crippen molar-refractivity contribution in [3.05, 3.63) is 12.2 Å². The lowest BCUT2D eigenvalue weighted by Gasteiger charge is -2.03. The lowest BCUT2D eigenvalue weighted by molar-refractivity contribution is -0.138. The number of rotatable bonds is 0. The molecular weight excluding hydrogens is 248 g/mol. The quantitative estimate of drug-likeness (QED) is 0.602. The van der Waals surface area contributed by atoms with Gasteiger partial charge in [-0.25, -0.2) is 0 Å². The fraction of sp³-hybridized carbons (Fsp3) is 0.538. The van der Waals surface area contributed by atoms with Crippen molar-refractivity contribution in [3.63, 3.8) is 0 Å². The summed E-state index contributed by atoms with van der Waals surface area (Å²) in [6, 6.07) is 0. The number of carbonyl (C=O) groups excluding carboxylic acids is 4. The number of likely N-dealkylation sites (tertiary alicyclic amines) is 1. The van der Waals surface area contributed by atoms with Crippen LogP contribution in [0.15, 0.2) is 12.2 Å². The Hall–Kier alpha value is -1.98. The van der Waals surface area contributed by atoms with E-state index >= 15 is 0 Å². The third kappa shape index (κ3) is 4.31. The van der Waals surface area contributed by atoms with Crippen LogP contribution in [0.2, 0.25) is 0 Å². The highest BCUT2D eigenvalue weighted by molar-refractivity contribution is 6.12. The van der Waals surface area contributed by atoms with E-state index in [1.54, 1.807) is 6.92 Å². The zero-order chi connectivity index (χ0) is 15.2. The average molecular weight is 268 g/mol. The van der Waals surface area contributed by atoms with Gasteiger partial charge in [0.1, 0.15) is 0 Å². The summed E-state index contributed by atoms with van der Waals surface area (Å²) in [6.07, 6.45) is 2.89. The molecule has 0 saturated carbocycles. The molecule has 2 rings (SSSR count). The maximum Gasteiger partial charge on any atom is 0.253 e. The molecule has 1 unspecified atom stereocenters. The van der Waals surface area contributed by atoms with E-state index in [0.717, 1.165) is 4.90 Å². The molecule has 0 aliphatic carbocycles. The molecule has 2 heterocycles. The van der Waals surface area contributed by atoms with Crippen LogP contribution in [-0.2, 0) is 19.2 Å². The van der Waals surface area contributed by atoms with E-state index in [2.05, 4.69) is 0 Å². The fourth-order valence-corrected chi connectivity index (χ4v) is 1.41. The maximum absolute atomic E-state index is 10.8. The number of imide groups is 2. The minimum Gasteiger partial charge on any atom is -0.286 e. The first-order valence-corrected chi connectivity index (χ1v) is 6.14. The summed E-state index contributed by atoms with van der Waals surface area (Å²) >= 11 is 0. The Bertz CT molecular complexity index is 397. The van der Waals surface area contributed by atoms with Gasteiger partial charge in [-0.05, 0) is 0 Å². The van der Waals surface area contributed by atoms with Crippen LogP contribution in [0.1, 0.15) is 27.2 Å². The first-order valence-electron chi connectivity index (χ1n) is 6.14. The Morgan fingerprint density at radius 1 is 0.947 bits per heavy atom. The predicted octanol–water partition coefficient (Wildman–Crippen LogP) is 0.579. The van der Waals surface area contributed by atoms with Gasteiger partial charge < -0.3 is 0 Å². The van der Waals surface area contributed by atoms with Gasteiger partial charge in [-0.2, -0.15) is 0 Å². The Labute approximate surface area is 113 Å². The summed E-state index contributed by atoms with van der Waals surface area (Å²) in [5, 5.41) is 0. The van der Waals surface area contributed by atoms with Gasteiger partial charge >= 0.3 is 0 Å². The number of carbonyl (C=O) groups is 4. The Morgan fingerprint density at radius 2 is 1.37 bits per heavy atom. The molecule has 106 valence electrons. The molecule has 6 heteroatoms. The number of hydrogen-bond donors (Lipinski definition) is 0. The smallest absolute Gasteiger partial charge is 0.253 e. The van der Waals surface area contributed by atoms with Crippen molar-refractivity contribution in [2.45, 2.75) is 27.2 Å². The van der Waals surface area contributed by atoms with Crippen molar-refractivity contribution >= 4 is 23.6 Å². The summed E-state index contributed by atoms with van der Waals surface area (Å²) in [4.78, 5) is 44.6. The molecule has 0 spiro atoms. The average Bonchev–Trinajstić information content (AvgIpc) is 2.81. The van der Waals surface area contributed by atoms with Crippen molar-refractivity contribution in [2.75, 3.05) is 14.1 Å². The normalized spacial score (nSPS) is 21.2. The van der Waals surface area contributed by atoms with Crippen LogP contribution < -0.4 is 0 Å². The summed E-state index contributed by atoms with van der Waals surface area (Å²) in [5.74, 6) is -0.694. The predicted molar refractivity (Wildman–Crippen MR) is 69.8 cm³/mol. The highest BCUT2D eigenvalue weighted by Gasteiger charge is 2.32. The van der Waals surface area contributed by atoms with Crippen molar-refractivity contribution in [2.24, 2.45) is 5.92 Å². The van der Waals surface area contributed by atoms with E-state index in [0.29, 0.717) is 6.42 Å². The van der Waals surface area contributed by atoms with Crippen LogP contribution in [-0.4, -0.2) is 47.5 Å². The second-order valence-corrected chi connectivity index (χ2v) is 3.96. The zero-order valence-corrected chi connectivity index (χ0v) is 12.0. The second-order valence-electron chi connectivity index (χ2n) is 3.96. The highest BCUT2D eigenvalue weighted by atomic mass is 16.2. The monoisotopic (exact) mass is 268 g/mol. The van der Waals surface area contributed by atoms with Crippen LogP contribution >= 0.6 is 0 Å². The van der Waals surface area contributed by atoms with Crippen LogP contribution in [0.25, 0.3) is 0 Å². The summed E-state index contributed by atoms with van der Waals surface area (Å²) in [5.41, 5.74) is 0. The highest BCUT2D eigenvalue weighted by Crippen LogP contribution is 2.15. The first kappa shape index (κ1) is 17.0.